The van der Waals surface area contributed by atoms with Crippen LogP contribution in [0.25, 0.3) is 0 Å². The summed E-state index contributed by atoms with van der Waals surface area (Å²) >= 11 is 3.45. The number of anilines is 1. The van der Waals surface area contributed by atoms with Gasteiger partial charge in [-0.1, -0.05) is 29.8 Å². The Labute approximate surface area is 135 Å². The molecule has 0 spiro atoms. The topological polar surface area (TPSA) is 49.4 Å². The van der Waals surface area contributed by atoms with Crippen LogP contribution in [0.15, 0.2) is 22.7 Å². The maximum absolute atomic E-state index is 11.8. The number of halogens is 1. The van der Waals surface area contributed by atoms with Gasteiger partial charge in [0.1, 0.15) is 0 Å². The van der Waals surface area contributed by atoms with Gasteiger partial charge >= 0.3 is 0 Å². The SMILES string of the molecule is CC(=O)N(CCNC(=O)CC(C)C)c1ccc(Br)c(C)c1. The Hall–Kier alpha value is -1.36. The second kappa shape index (κ2) is 8.17. The Morgan fingerprint density at radius 2 is 2.00 bits per heavy atom. The average Bonchev–Trinajstić information content (AvgIpc) is 2.37. The molecule has 1 rings (SSSR count). The first-order valence-electron chi connectivity index (χ1n) is 7.12. The van der Waals surface area contributed by atoms with Gasteiger partial charge in [-0.15, -0.1) is 0 Å². The van der Waals surface area contributed by atoms with Crippen LogP contribution in [0, 0.1) is 12.8 Å². The quantitative estimate of drug-likeness (QED) is 0.852. The summed E-state index contributed by atoms with van der Waals surface area (Å²) in [7, 11) is 0. The van der Waals surface area contributed by atoms with Gasteiger partial charge in [0.25, 0.3) is 0 Å². The summed E-state index contributed by atoms with van der Waals surface area (Å²) in [5, 5.41) is 2.85. The molecule has 1 N–H and O–H groups in total. The smallest absolute Gasteiger partial charge is 0.223 e. The number of aryl methyl sites for hydroxylation is 1. The third-order valence-electron chi connectivity index (χ3n) is 3.08. The molecule has 0 saturated carbocycles. The Morgan fingerprint density at radius 1 is 1.33 bits per heavy atom. The number of carbonyl (C=O) groups excluding carboxylic acids is 2. The molecule has 0 unspecified atom stereocenters. The fourth-order valence-electron chi connectivity index (χ4n) is 2.02. The van der Waals surface area contributed by atoms with E-state index in [0.717, 1.165) is 15.7 Å². The van der Waals surface area contributed by atoms with Crippen molar-refractivity contribution in [1.29, 1.82) is 0 Å². The van der Waals surface area contributed by atoms with Crippen LogP contribution in [-0.4, -0.2) is 24.9 Å². The molecule has 5 heteroatoms. The van der Waals surface area contributed by atoms with Gasteiger partial charge in [0, 0.05) is 36.6 Å². The average molecular weight is 355 g/mol. The normalized spacial score (nSPS) is 10.6. The molecule has 0 aliphatic heterocycles. The molecule has 0 aliphatic carbocycles. The van der Waals surface area contributed by atoms with E-state index in [4.69, 9.17) is 0 Å². The zero-order valence-corrected chi connectivity index (χ0v) is 14.7. The van der Waals surface area contributed by atoms with Gasteiger partial charge in [-0.3, -0.25) is 9.59 Å². The van der Waals surface area contributed by atoms with Crippen molar-refractivity contribution in [2.45, 2.75) is 34.1 Å². The zero-order chi connectivity index (χ0) is 16.0. The van der Waals surface area contributed by atoms with Crippen LogP contribution in [0.5, 0.6) is 0 Å². The van der Waals surface area contributed by atoms with E-state index < -0.39 is 0 Å². The molecule has 1 aromatic carbocycles. The first-order valence-corrected chi connectivity index (χ1v) is 7.91. The highest BCUT2D eigenvalue weighted by Crippen LogP contribution is 2.22. The molecule has 21 heavy (non-hydrogen) atoms. The van der Waals surface area contributed by atoms with Crippen molar-refractivity contribution in [3.8, 4) is 0 Å². The van der Waals surface area contributed by atoms with Crippen molar-refractivity contribution in [3.05, 3.63) is 28.2 Å². The highest BCUT2D eigenvalue weighted by molar-refractivity contribution is 9.10. The molecule has 4 nitrogen and oxygen atoms in total. The number of amides is 2. The first kappa shape index (κ1) is 17.7. The number of rotatable bonds is 6. The molecule has 1 aromatic rings. The summed E-state index contributed by atoms with van der Waals surface area (Å²) in [5.74, 6) is 0.332. The number of nitrogens with zero attached hydrogens (tertiary/aromatic N) is 1. The summed E-state index contributed by atoms with van der Waals surface area (Å²) in [6, 6.07) is 5.79. The van der Waals surface area contributed by atoms with Gasteiger partial charge in [0.2, 0.25) is 11.8 Å². The van der Waals surface area contributed by atoms with E-state index >= 15 is 0 Å². The Balaban J connectivity index is 2.64. The van der Waals surface area contributed by atoms with Gasteiger partial charge in [0.15, 0.2) is 0 Å². The first-order chi connectivity index (χ1) is 9.81. The molecule has 0 aliphatic rings. The number of hydrogen-bond donors (Lipinski definition) is 1. The highest BCUT2D eigenvalue weighted by Gasteiger charge is 2.13. The van der Waals surface area contributed by atoms with E-state index in [0.29, 0.717) is 25.4 Å². The Morgan fingerprint density at radius 3 is 2.52 bits per heavy atom. The van der Waals surface area contributed by atoms with Crippen LogP contribution in [0.3, 0.4) is 0 Å². The zero-order valence-electron chi connectivity index (χ0n) is 13.1. The molecule has 0 aromatic heterocycles. The lowest BCUT2D eigenvalue weighted by atomic mass is 10.1. The van der Waals surface area contributed by atoms with Crippen LogP contribution in [0.4, 0.5) is 5.69 Å². The largest absolute Gasteiger partial charge is 0.354 e. The number of hydrogen-bond acceptors (Lipinski definition) is 2. The maximum atomic E-state index is 11.8. The molecule has 116 valence electrons. The molecular formula is C16H23BrN2O2. The number of carbonyl (C=O) groups is 2. The van der Waals surface area contributed by atoms with Crippen molar-refractivity contribution in [2.24, 2.45) is 5.92 Å². The van der Waals surface area contributed by atoms with Crippen LogP contribution < -0.4 is 10.2 Å². The highest BCUT2D eigenvalue weighted by atomic mass is 79.9. The molecule has 0 saturated heterocycles. The van der Waals surface area contributed by atoms with Crippen LogP contribution in [0.2, 0.25) is 0 Å². The fourth-order valence-corrected chi connectivity index (χ4v) is 2.26. The second-order valence-corrected chi connectivity index (χ2v) is 6.41. The lowest BCUT2D eigenvalue weighted by Gasteiger charge is -2.22. The van der Waals surface area contributed by atoms with Crippen LogP contribution in [-0.2, 0) is 9.59 Å². The third-order valence-corrected chi connectivity index (χ3v) is 3.97. The van der Waals surface area contributed by atoms with Crippen LogP contribution >= 0.6 is 15.9 Å². The lowest BCUT2D eigenvalue weighted by Crippen LogP contribution is -2.37. The standard InChI is InChI=1S/C16H23BrN2O2/c1-11(2)9-16(21)18-7-8-19(13(4)20)14-5-6-15(17)12(3)10-14/h5-6,10-11H,7-9H2,1-4H3,(H,18,21). The molecule has 0 fully saturated rings. The number of benzene rings is 1. The van der Waals surface area contributed by atoms with E-state index in [-0.39, 0.29) is 11.8 Å². The van der Waals surface area contributed by atoms with Crippen molar-refractivity contribution in [3.63, 3.8) is 0 Å². The van der Waals surface area contributed by atoms with Crippen molar-refractivity contribution in [2.75, 3.05) is 18.0 Å². The van der Waals surface area contributed by atoms with E-state index in [9.17, 15) is 9.59 Å². The van der Waals surface area contributed by atoms with Crippen molar-refractivity contribution >= 4 is 33.4 Å². The minimum Gasteiger partial charge on any atom is -0.354 e. The minimum atomic E-state index is -0.0326. The summed E-state index contributed by atoms with van der Waals surface area (Å²) in [6.07, 6.45) is 0.511. The van der Waals surface area contributed by atoms with Gasteiger partial charge in [0.05, 0.1) is 0 Å². The number of nitrogens with one attached hydrogen (secondary N) is 1. The molecule has 0 heterocycles. The van der Waals surface area contributed by atoms with Gasteiger partial charge in [-0.2, -0.15) is 0 Å². The van der Waals surface area contributed by atoms with Gasteiger partial charge in [-0.25, -0.2) is 0 Å². The summed E-state index contributed by atoms with van der Waals surface area (Å²) in [4.78, 5) is 25.1. The Kier molecular flexibility index (Phi) is 6.89. The van der Waals surface area contributed by atoms with Crippen molar-refractivity contribution in [1.82, 2.24) is 5.32 Å². The summed E-state index contributed by atoms with van der Waals surface area (Å²) < 4.78 is 1.01. The maximum Gasteiger partial charge on any atom is 0.223 e. The minimum absolute atomic E-state index is 0.0282. The second-order valence-electron chi connectivity index (χ2n) is 5.55. The molecular weight excluding hydrogens is 332 g/mol. The molecule has 0 atom stereocenters. The summed E-state index contributed by atoms with van der Waals surface area (Å²) in [6.45, 7) is 8.46. The van der Waals surface area contributed by atoms with E-state index in [1.54, 1.807) is 4.90 Å². The monoisotopic (exact) mass is 354 g/mol. The lowest BCUT2D eigenvalue weighted by molar-refractivity contribution is -0.122. The molecule has 0 radical (unpaired) electrons. The van der Waals surface area contributed by atoms with Gasteiger partial charge < -0.3 is 10.2 Å². The van der Waals surface area contributed by atoms with Gasteiger partial charge in [-0.05, 0) is 36.6 Å². The van der Waals surface area contributed by atoms with E-state index in [1.165, 1.54) is 6.92 Å². The fraction of sp³-hybridized carbons (Fsp3) is 0.500. The van der Waals surface area contributed by atoms with E-state index in [1.807, 2.05) is 39.0 Å². The third kappa shape index (κ3) is 5.87. The van der Waals surface area contributed by atoms with E-state index in [2.05, 4.69) is 21.2 Å². The molecule has 0 bridgehead atoms. The predicted molar refractivity (Wildman–Crippen MR) is 89.4 cm³/mol. The van der Waals surface area contributed by atoms with Crippen molar-refractivity contribution < 1.29 is 9.59 Å². The van der Waals surface area contributed by atoms with Crippen LogP contribution in [0.1, 0.15) is 32.8 Å². The predicted octanol–water partition coefficient (Wildman–Crippen LogP) is 3.27. The Bertz CT molecular complexity index is 515. The summed E-state index contributed by atoms with van der Waals surface area (Å²) in [5.41, 5.74) is 1.92. The molecule has 2 amide bonds.